The zero-order chi connectivity index (χ0) is 7.82. The number of unbranched alkanes of at least 4 members (excludes halogenated alkanes) is 3. The van der Waals surface area contributed by atoms with E-state index in [9.17, 15) is 4.39 Å². The Morgan fingerprint density at radius 1 is 1.30 bits per heavy atom. The second-order valence-electron chi connectivity index (χ2n) is 2.55. The molecule has 0 amide bonds. The summed E-state index contributed by atoms with van der Waals surface area (Å²) in [6.45, 7) is 3.90. The molecule has 60 valence electrons. The molecule has 0 bridgehead atoms. The zero-order valence-electron chi connectivity index (χ0n) is 6.99. The molecule has 0 radical (unpaired) electrons. The van der Waals surface area contributed by atoms with Crippen molar-refractivity contribution < 1.29 is 4.39 Å². The summed E-state index contributed by atoms with van der Waals surface area (Å²) in [6.07, 6.45) is 6.80. The SMILES string of the molecule is CC=C(F)CCCCCC. The third-order valence-electron chi connectivity index (χ3n) is 1.58. The second-order valence-corrected chi connectivity index (χ2v) is 2.55. The van der Waals surface area contributed by atoms with E-state index < -0.39 is 0 Å². The van der Waals surface area contributed by atoms with Crippen molar-refractivity contribution in [1.82, 2.24) is 0 Å². The van der Waals surface area contributed by atoms with Crippen LogP contribution in [0.3, 0.4) is 0 Å². The largest absolute Gasteiger partial charge is 0.212 e. The molecule has 0 nitrogen and oxygen atoms in total. The van der Waals surface area contributed by atoms with E-state index in [4.69, 9.17) is 0 Å². The Labute approximate surface area is 63.1 Å². The molecule has 0 unspecified atom stereocenters. The van der Waals surface area contributed by atoms with Crippen LogP contribution in [-0.2, 0) is 0 Å². The van der Waals surface area contributed by atoms with Gasteiger partial charge in [-0.25, -0.2) is 4.39 Å². The van der Waals surface area contributed by atoms with E-state index in [0.717, 1.165) is 12.8 Å². The summed E-state index contributed by atoms with van der Waals surface area (Å²) in [5, 5.41) is 0. The van der Waals surface area contributed by atoms with Crippen molar-refractivity contribution in [2.75, 3.05) is 0 Å². The fourth-order valence-corrected chi connectivity index (χ4v) is 0.865. The fourth-order valence-electron chi connectivity index (χ4n) is 0.865. The minimum Gasteiger partial charge on any atom is -0.212 e. The molecule has 0 aromatic rings. The Morgan fingerprint density at radius 3 is 2.50 bits per heavy atom. The first-order valence-electron chi connectivity index (χ1n) is 4.12. The maximum atomic E-state index is 12.4. The third-order valence-corrected chi connectivity index (χ3v) is 1.58. The summed E-state index contributed by atoms with van der Waals surface area (Å²) in [4.78, 5) is 0. The van der Waals surface area contributed by atoms with Crippen LogP contribution in [0.15, 0.2) is 11.9 Å². The van der Waals surface area contributed by atoms with Gasteiger partial charge in [0.1, 0.15) is 0 Å². The van der Waals surface area contributed by atoms with E-state index in [1.54, 1.807) is 13.0 Å². The normalized spacial score (nSPS) is 12.1. The number of hydrogen-bond acceptors (Lipinski definition) is 0. The van der Waals surface area contributed by atoms with E-state index >= 15 is 0 Å². The van der Waals surface area contributed by atoms with Crippen molar-refractivity contribution in [3.05, 3.63) is 11.9 Å². The smallest absolute Gasteiger partial charge is 0.0957 e. The monoisotopic (exact) mass is 144 g/mol. The lowest BCUT2D eigenvalue weighted by molar-refractivity contribution is 0.551. The van der Waals surface area contributed by atoms with Gasteiger partial charge in [0.25, 0.3) is 0 Å². The van der Waals surface area contributed by atoms with Gasteiger partial charge >= 0.3 is 0 Å². The molecular formula is C9H17F. The second kappa shape index (κ2) is 6.79. The highest BCUT2D eigenvalue weighted by atomic mass is 19.1. The van der Waals surface area contributed by atoms with Gasteiger partial charge in [0, 0.05) is 0 Å². The molecule has 0 atom stereocenters. The van der Waals surface area contributed by atoms with Crippen LogP contribution in [0.2, 0.25) is 0 Å². The minimum absolute atomic E-state index is 0.0381. The molecule has 0 fully saturated rings. The Kier molecular flexibility index (Phi) is 6.56. The van der Waals surface area contributed by atoms with Crippen LogP contribution < -0.4 is 0 Å². The Balaban J connectivity index is 3.04. The molecule has 0 aliphatic rings. The summed E-state index contributed by atoms with van der Waals surface area (Å²) in [5.74, 6) is 0.0381. The first kappa shape index (κ1) is 9.67. The summed E-state index contributed by atoms with van der Waals surface area (Å²) in [6, 6.07) is 0. The molecule has 0 spiro atoms. The van der Waals surface area contributed by atoms with Crippen LogP contribution in [-0.4, -0.2) is 0 Å². The van der Waals surface area contributed by atoms with Crippen molar-refractivity contribution in [2.45, 2.75) is 46.0 Å². The quantitative estimate of drug-likeness (QED) is 0.514. The highest BCUT2D eigenvalue weighted by Crippen LogP contribution is 2.10. The molecular weight excluding hydrogens is 127 g/mol. The molecule has 0 aromatic carbocycles. The summed E-state index contributed by atoms with van der Waals surface area (Å²) in [7, 11) is 0. The van der Waals surface area contributed by atoms with Crippen LogP contribution in [0.25, 0.3) is 0 Å². The van der Waals surface area contributed by atoms with E-state index in [1.165, 1.54) is 12.8 Å². The van der Waals surface area contributed by atoms with Gasteiger partial charge in [0.15, 0.2) is 0 Å². The van der Waals surface area contributed by atoms with E-state index in [0.29, 0.717) is 6.42 Å². The molecule has 0 heterocycles. The standard InChI is InChI=1S/C9H17F/c1-3-5-6-7-8-9(10)4-2/h4H,3,5-8H2,1-2H3. The number of halogens is 1. The van der Waals surface area contributed by atoms with Crippen molar-refractivity contribution in [3.63, 3.8) is 0 Å². The third kappa shape index (κ3) is 5.80. The maximum absolute atomic E-state index is 12.4. The lowest BCUT2D eigenvalue weighted by Crippen LogP contribution is -1.77. The van der Waals surface area contributed by atoms with Gasteiger partial charge in [-0.05, 0) is 19.8 Å². The summed E-state index contributed by atoms with van der Waals surface area (Å²) >= 11 is 0. The van der Waals surface area contributed by atoms with Crippen LogP contribution in [0.1, 0.15) is 46.0 Å². The Bertz CT molecular complexity index is 94.9. The summed E-state index contributed by atoms with van der Waals surface area (Å²) in [5.41, 5.74) is 0. The van der Waals surface area contributed by atoms with Crippen molar-refractivity contribution in [3.8, 4) is 0 Å². The molecule has 0 saturated heterocycles. The molecule has 0 N–H and O–H groups in total. The van der Waals surface area contributed by atoms with Crippen molar-refractivity contribution in [1.29, 1.82) is 0 Å². The Hall–Kier alpha value is -0.330. The predicted molar refractivity (Wildman–Crippen MR) is 43.6 cm³/mol. The summed E-state index contributed by atoms with van der Waals surface area (Å²) < 4.78 is 12.4. The van der Waals surface area contributed by atoms with Gasteiger partial charge in [-0.2, -0.15) is 0 Å². The topological polar surface area (TPSA) is 0 Å². The number of rotatable bonds is 5. The van der Waals surface area contributed by atoms with Crippen molar-refractivity contribution >= 4 is 0 Å². The van der Waals surface area contributed by atoms with Gasteiger partial charge in [-0.3, -0.25) is 0 Å². The lowest BCUT2D eigenvalue weighted by Gasteiger charge is -1.95. The van der Waals surface area contributed by atoms with Crippen LogP contribution in [0.5, 0.6) is 0 Å². The molecule has 0 aliphatic heterocycles. The van der Waals surface area contributed by atoms with Gasteiger partial charge in [0.2, 0.25) is 0 Å². The fraction of sp³-hybridized carbons (Fsp3) is 0.778. The lowest BCUT2D eigenvalue weighted by atomic mass is 10.1. The molecule has 1 heteroatoms. The first-order valence-corrected chi connectivity index (χ1v) is 4.12. The van der Waals surface area contributed by atoms with Gasteiger partial charge in [-0.15, -0.1) is 0 Å². The average Bonchev–Trinajstić information content (AvgIpc) is 1.98. The maximum Gasteiger partial charge on any atom is 0.0957 e. The molecule has 0 aliphatic carbocycles. The molecule has 0 aromatic heterocycles. The molecule has 0 saturated carbocycles. The molecule has 10 heavy (non-hydrogen) atoms. The van der Waals surface area contributed by atoms with Crippen LogP contribution in [0.4, 0.5) is 4.39 Å². The van der Waals surface area contributed by atoms with Gasteiger partial charge in [0.05, 0.1) is 5.83 Å². The van der Waals surface area contributed by atoms with Crippen molar-refractivity contribution in [2.24, 2.45) is 0 Å². The number of allylic oxidation sites excluding steroid dienone is 2. The highest BCUT2D eigenvalue weighted by Gasteiger charge is 1.91. The predicted octanol–water partition coefficient (Wildman–Crippen LogP) is 3.83. The van der Waals surface area contributed by atoms with E-state index in [-0.39, 0.29) is 5.83 Å². The van der Waals surface area contributed by atoms with Crippen LogP contribution in [0, 0.1) is 0 Å². The first-order chi connectivity index (χ1) is 4.81. The molecule has 0 rings (SSSR count). The van der Waals surface area contributed by atoms with E-state index in [2.05, 4.69) is 6.92 Å². The van der Waals surface area contributed by atoms with Gasteiger partial charge < -0.3 is 0 Å². The zero-order valence-corrected chi connectivity index (χ0v) is 6.99. The highest BCUT2D eigenvalue weighted by molar-refractivity contribution is 4.87. The Morgan fingerprint density at radius 2 is 2.00 bits per heavy atom. The number of hydrogen-bond donors (Lipinski definition) is 0. The van der Waals surface area contributed by atoms with E-state index in [1.807, 2.05) is 0 Å². The minimum atomic E-state index is 0.0381. The average molecular weight is 144 g/mol. The van der Waals surface area contributed by atoms with Gasteiger partial charge in [-0.1, -0.05) is 32.3 Å². The van der Waals surface area contributed by atoms with Crippen LogP contribution >= 0.6 is 0 Å².